The lowest BCUT2D eigenvalue weighted by molar-refractivity contribution is 0.523. The van der Waals surface area contributed by atoms with Gasteiger partial charge in [0.05, 0.1) is 0 Å². The molecule has 0 spiro atoms. The molecular weight excluding hydrogens is 136 g/mol. The summed E-state index contributed by atoms with van der Waals surface area (Å²) in [6.07, 6.45) is 5.31. The molecule has 1 saturated heterocycles. The molecule has 11 heavy (non-hydrogen) atoms. The van der Waals surface area contributed by atoms with Crippen LogP contribution in [0, 0.1) is 0 Å². The van der Waals surface area contributed by atoms with E-state index in [1.54, 1.807) is 0 Å². The maximum absolute atomic E-state index is 3.49. The molecular formula is C9H20N2. The molecule has 1 aliphatic heterocycles. The summed E-state index contributed by atoms with van der Waals surface area (Å²) in [7, 11) is 0. The summed E-state index contributed by atoms with van der Waals surface area (Å²) in [6.45, 7) is 5.80. The SMILES string of the molecule is CCCNCCC1CCCN1. The highest BCUT2D eigenvalue weighted by Gasteiger charge is 2.12. The van der Waals surface area contributed by atoms with Gasteiger partial charge in [0.25, 0.3) is 0 Å². The first-order valence-corrected chi connectivity index (χ1v) is 4.87. The van der Waals surface area contributed by atoms with Crippen molar-refractivity contribution in [3.63, 3.8) is 0 Å². The van der Waals surface area contributed by atoms with Crippen LogP contribution < -0.4 is 10.6 Å². The van der Waals surface area contributed by atoms with E-state index in [-0.39, 0.29) is 0 Å². The second-order valence-electron chi connectivity index (χ2n) is 3.33. The number of nitrogens with one attached hydrogen (secondary N) is 2. The lowest BCUT2D eigenvalue weighted by Gasteiger charge is -2.09. The highest BCUT2D eigenvalue weighted by molar-refractivity contribution is 4.74. The Balaban J connectivity index is 1.86. The van der Waals surface area contributed by atoms with Gasteiger partial charge in [-0.3, -0.25) is 0 Å². The van der Waals surface area contributed by atoms with Gasteiger partial charge >= 0.3 is 0 Å². The molecule has 2 heteroatoms. The lowest BCUT2D eigenvalue weighted by atomic mass is 10.1. The quantitative estimate of drug-likeness (QED) is 0.583. The van der Waals surface area contributed by atoms with Crippen molar-refractivity contribution in [3.05, 3.63) is 0 Å². The lowest BCUT2D eigenvalue weighted by Crippen LogP contribution is -2.27. The Kier molecular flexibility index (Phi) is 4.55. The average Bonchev–Trinajstić information content (AvgIpc) is 2.50. The van der Waals surface area contributed by atoms with Gasteiger partial charge in [0.15, 0.2) is 0 Å². The van der Waals surface area contributed by atoms with Gasteiger partial charge in [-0.15, -0.1) is 0 Å². The number of hydrogen-bond acceptors (Lipinski definition) is 2. The smallest absolute Gasteiger partial charge is 0.00796 e. The van der Waals surface area contributed by atoms with Crippen molar-refractivity contribution in [2.45, 2.75) is 38.6 Å². The van der Waals surface area contributed by atoms with E-state index in [0.717, 1.165) is 6.04 Å². The second-order valence-corrected chi connectivity index (χ2v) is 3.33. The van der Waals surface area contributed by atoms with E-state index in [9.17, 15) is 0 Å². The summed E-state index contributed by atoms with van der Waals surface area (Å²) in [5.41, 5.74) is 0. The van der Waals surface area contributed by atoms with Crippen LogP contribution in [-0.2, 0) is 0 Å². The van der Waals surface area contributed by atoms with Crippen LogP contribution in [0.25, 0.3) is 0 Å². The van der Waals surface area contributed by atoms with Crippen LogP contribution in [0.2, 0.25) is 0 Å². The molecule has 1 unspecified atom stereocenters. The van der Waals surface area contributed by atoms with Gasteiger partial charge in [0, 0.05) is 6.04 Å². The summed E-state index contributed by atoms with van der Waals surface area (Å²) in [4.78, 5) is 0. The molecule has 0 radical (unpaired) electrons. The first kappa shape index (κ1) is 9.01. The van der Waals surface area contributed by atoms with Gasteiger partial charge in [-0.25, -0.2) is 0 Å². The Labute approximate surface area is 69.8 Å². The van der Waals surface area contributed by atoms with Crippen LogP contribution in [-0.4, -0.2) is 25.7 Å². The van der Waals surface area contributed by atoms with E-state index in [1.165, 1.54) is 45.3 Å². The average molecular weight is 156 g/mol. The van der Waals surface area contributed by atoms with Crippen LogP contribution in [0.1, 0.15) is 32.6 Å². The molecule has 0 aliphatic carbocycles. The molecule has 0 aromatic rings. The van der Waals surface area contributed by atoms with E-state index >= 15 is 0 Å². The van der Waals surface area contributed by atoms with Crippen LogP contribution >= 0.6 is 0 Å². The van der Waals surface area contributed by atoms with Crippen molar-refractivity contribution in [3.8, 4) is 0 Å². The Morgan fingerprint density at radius 3 is 3.00 bits per heavy atom. The Hall–Kier alpha value is -0.0800. The highest BCUT2D eigenvalue weighted by Crippen LogP contribution is 2.07. The number of hydrogen-bond donors (Lipinski definition) is 2. The Bertz CT molecular complexity index is 87.6. The van der Waals surface area contributed by atoms with E-state index in [2.05, 4.69) is 17.6 Å². The van der Waals surface area contributed by atoms with Gasteiger partial charge < -0.3 is 10.6 Å². The summed E-state index contributed by atoms with van der Waals surface area (Å²) >= 11 is 0. The summed E-state index contributed by atoms with van der Waals surface area (Å²) in [5, 5.41) is 6.92. The third-order valence-electron chi connectivity index (χ3n) is 2.26. The molecule has 66 valence electrons. The highest BCUT2D eigenvalue weighted by atomic mass is 14.9. The maximum Gasteiger partial charge on any atom is 0.00796 e. The van der Waals surface area contributed by atoms with E-state index in [4.69, 9.17) is 0 Å². The molecule has 1 fully saturated rings. The molecule has 0 bridgehead atoms. The molecule has 0 aromatic heterocycles. The monoisotopic (exact) mass is 156 g/mol. The topological polar surface area (TPSA) is 24.1 Å². The fourth-order valence-corrected chi connectivity index (χ4v) is 1.58. The molecule has 2 N–H and O–H groups in total. The van der Waals surface area contributed by atoms with Crippen LogP contribution in [0.4, 0.5) is 0 Å². The molecule has 2 nitrogen and oxygen atoms in total. The summed E-state index contributed by atoms with van der Waals surface area (Å²) in [6, 6.07) is 0.805. The van der Waals surface area contributed by atoms with E-state index in [1.807, 2.05) is 0 Å². The van der Waals surface area contributed by atoms with Crippen LogP contribution in [0.5, 0.6) is 0 Å². The molecule has 1 heterocycles. The van der Waals surface area contributed by atoms with Gasteiger partial charge in [-0.1, -0.05) is 6.92 Å². The van der Waals surface area contributed by atoms with Crippen molar-refractivity contribution in [1.82, 2.24) is 10.6 Å². The molecule has 1 atom stereocenters. The molecule has 0 aromatic carbocycles. The first-order valence-electron chi connectivity index (χ1n) is 4.87. The predicted molar refractivity (Wildman–Crippen MR) is 48.8 cm³/mol. The molecule has 1 aliphatic rings. The normalized spacial score (nSPS) is 24.3. The fraction of sp³-hybridized carbons (Fsp3) is 1.00. The zero-order valence-corrected chi connectivity index (χ0v) is 7.53. The van der Waals surface area contributed by atoms with Gasteiger partial charge in [0.1, 0.15) is 0 Å². The van der Waals surface area contributed by atoms with E-state index in [0.29, 0.717) is 0 Å². The predicted octanol–water partition coefficient (Wildman–Crippen LogP) is 1.13. The third-order valence-corrected chi connectivity index (χ3v) is 2.26. The summed E-state index contributed by atoms with van der Waals surface area (Å²) in [5.74, 6) is 0. The van der Waals surface area contributed by atoms with Crippen molar-refractivity contribution in [2.75, 3.05) is 19.6 Å². The van der Waals surface area contributed by atoms with Gasteiger partial charge in [0.2, 0.25) is 0 Å². The van der Waals surface area contributed by atoms with Crippen molar-refractivity contribution in [1.29, 1.82) is 0 Å². The third kappa shape index (κ3) is 3.73. The number of rotatable bonds is 5. The Morgan fingerprint density at radius 2 is 2.36 bits per heavy atom. The second kappa shape index (κ2) is 5.56. The molecule has 1 rings (SSSR count). The van der Waals surface area contributed by atoms with Gasteiger partial charge in [-0.05, 0) is 45.3 Å². The molecule has 0 amide bonds. The van der Waals surface area contributed by atoms with Crippen molar-refractivity contribution < 1.29 is 0 Å². The van der Waals surface area contributed by atoms with E-state index < -0.39 is 0 Å². The Morgan fingerprint density at radius 1 is 1.45 bits per heavy atom. The van der Waals surface area contributed by atoms with Gasteiger partial charge in [-0.2, -0.15) is 0 Å². The minimum Gasteiger partial charge on any atom is -0.317 e. The molecule has 0 saturated carbocycles. The zero-order valence-electron chi connectivity index (χ0n) is 7.53. The van der Waals surface area contributed by atoms with Crippen molar-refractivity contribution >= 4 is 0 Å². The van der Waals surface area contributed by atoms with Crippen LogP contribution in [0.15, 0.2) is 0 Å². The fourth-order valence-electron chi connectivity index (χ4n) is 1.58. The minimum atomic E-state index is 0.805. The van der Waals surface area contributed by atoms with Crippen LogP contribution in [0.3, 0.4) is 0 Å². The maximum atomic E-state index is 3.49. The zero-order chi connectivity index (χ0) is 7.94. The summed E-state index contributed by atoms with van der Waals surface area (Å²) < 4.78 is 0. The first-order chi connectivity index (χ1) is 5.43. The standard InChI is InChI=1S/C9H20N2/c1-2-6-10-8-5-9-4-3-7-11-9/h9-11H,2-8H2,1H3. The minimum absolute atomic E-state index is 0.805. The largest absolute Gasteiger partial charge is 0.317 e. The van der Waals surface area contributed by atoms with Crippen molar-refractivity contribution in [2.24, 2.45) is 0 Å².